The van der Waals surface area contributed by atoms with Crippen molar-refractivity contribution in [2.45, 2.75) is 55.1 Å². The van der Waals surface area contributed by atoms with Gasteiger partial charge in [-0.1, -0.05) is 5.16 Å². The van der Waals surface area contributed by atoms with Crippen LogP contribution in [0.1, 0.15) is 54.8 Å². The summed E-state index contributed by atoms with van der Waals surface area (Å²) in [6.07, 6.45) is 0. The summed E-state index contributed by atoms with van der Waals surface area (Å²) < 4.78 is 6.40. The van der Waals surface area contributed by atoms with Crippen LogP contribution in [0.15, 0.2) is 14.5 Å². The molecule has 0 saturated heterocycles. The first kappa shape index (κ1) is 21.0. The maximum Gasteiger partial charge on any atom is 0.460 e. The van der Waals surface area contributed by atoms with Crippen LogP contribution in [0.4, 0.5) is 0 Å². The first-order chi connectivity index (χ1) is 13.6. The van der Waals surface area contributed by atoms with Crippen LogP contribution in [-0.4, -0.2) is 20.4 Å². The van der Waals surface area contributed by atoms with Crippen molar-refractivity contribution in [2.75, 3.05) is 0 Å². The van der Waals surface area contributed by atoms with Crippen molar-refractivity contribution in [3.8, 4) is 0 Å². The molecule has 0 aliphatic heterocycles. The molecule has 0 atom stereocenters. The van der Waals surface area contributed by atoms with Crippen molar-refractivity contribution >= 4 is 17.0 Å². The second-order valence-corrected chi connectivity index (χ2v) is 8.65. The Balaban J connectivity index is 2.14. The molecule has 154 valence electrons. The first-order valence-corrected chi connectivity index (χ1v) is 10.2. The van der Waals surface area contributed by atoms with Crippen molar-refractivity contribution in [2.24, 2.45) is 12.2 Å². The van der Waals surface area contributed by atoms with Crippen molar-refractivity contribution < 1.29 is 9.36 Å². The topological polar surface area (TPSA) is 82.5 Å². The zero-order valence-corrected chi connectivity index (χ0v) is 18.9. The first-order valence-electron chi connectivity index (χ1n) is 9.36. The summed E-state index contributed by atoms with van der Waals surface area (Å²) in [7, 11) is 1.63. The summed E-state index contributed by atoms with van der Waals surface area (Å²) in [5.41, 5.74) is 7.98. The zero-order valence-electron chi connectivity index (χ0n) is 18.1. The summed E-state index contributed by atoms with van der Waals surface area (Å²) in [6, 6.07) is 0. The molecule has 0 fully saturated rings. The van der Waals surface area contributed by atoms with E-state index in [1.54, 1.807) is 18.4 Å². The van der Waals surface area contributed by atoms with Gasteiger partial charge in [0.25, 0.3) is 0 Å². The number of rotatable bonds is 5. The Labute approximate surface area is 174 Å². The molecular weight excluding hydrogens is 388 g/mol. The number of nitrogens with zero attached hydrogens (tertiary/aromatic N) is 4. The quantitative estimate of drug-likeness (QED) is 0.466. The normalized spacial score (nSPS) is 11.9. The van der Waals surface area contributed by atoms with Gasteiger partial charge in [-0.2, -0.15) is 9.72 Å². The Morgan fingerprint density at radius 3 is 2.07 bits per heavy atom. The van der Waals surface area contributed by atoms with Gasteiger partial charge in [0.05, 0.1) is 10.7 Å². The molecule has 0 aliphatic rings. The SMILES string of the molecule is Cc1nc(CON=C(c2c(C)c(C)c(C)c(C)c2C)c2nc(=O)on2C)c(C)s1. The molecule has 29 heavy (non-hydrogen) atoms. The molecule has 0 spiro atoms. The van der Waals surface area contributed by atoms with E-state index in [2.05, 4.69) is 35.9 Å². The smallest absolute Gasteiger partial charge is 0.389 e. The second kappa shape index (κ2) is 7.94. The molecule has 7 nitrogen and oxygen atoms in total. The summed E-state index contributed by atoms with van der Waals surface area (Å²) in [5, 5.41) is 5.40. The zero-order chi connectivity index (χ0) is 21.5. The highest BCUT2D eigenvalue weighted by Crippen LogP contribution is 2.28. The van der Waals surface area contributed by atoms with Gasteiger partial charge in [0.1, 0.15) is 0 Å². The Kier molecular flexibility index (Phi) is 5.75. The summed E-state index contributed by atoms with van der Waals surface area (Å²) in [5.74, 6) is -0.341. The predicted molar refractivity (Wildman–Crippen MR) is 114 cm³/mol. The summed E-state index contributed by atoms with van der Waals surface area (Å²) >= 11 is 1.62. The van der Waals surface area contributed by atoms with Gasteiger partial charge in [-0.3, -0.25) is 0 Å². The molecule has 3 rings (SSSR count). The third-order valence-corrected chi connectivity index (χ3v) is 6.44. The minimum atomic E-state index is -0.669. The van der Waals surface area contributed by atoms with E-state index in [-0.39, 0.29) is 6.61 Å². The van der Waals surface area contributed by atoms with Gasteiger partial charge >= 0.3 is 5.76 Å². The molecule has 2 aromatic heterocycles. The molecule has 1 aromatic carbocycles. The Morgan fingerprint density at radius 2 is 1.59 bits per heavy atom. The summed E-state index contributed by atoms with van der Waals surface area (Å²) in [4.78, 5) is 27.0. The van der Waals surface area contributed by atoms with Crippen molar-refractivity contribution in [1.29, 1.82) is 0 Å². The third kappa shape index (κ3) is 3.89. The van der Waals surface area contributed by atoms with Crippen LogP contribution in [-0.2, 0) is 18.5 Å². The van der Waals surface area contributed by atoms with Crippen molar-refractivity contribution in [3.63, 3.8) is 0 Å². The Morgan fingerprint density at radius 1 is 1.00 bits per heavy atom. The maximum absolute atomic E-state index is 11.7. The van der Waals surface area contributed by atoms with Gasteiger partial charge in [-0.25, -0.2) is 9.78 Å². The van der Waals surface area contributed by atoms with Crippen LogP contribution in [0.5, 0.6) is 0 Å². The van der Waals surface area contributed by atoms with Gasteiger partial charge in [-0.05, 0) is 76.3 Å². The molecular formula is C21H26N4O3S. The molecule has 8 heteroatoms. The standard InChI is InChI=1S/C21H26N4O3S/c1-10-11(2)13(4)18(14(5)12(10)3)19(20-23-21(26)28-25(20)8)24-27-9-17-15(6)29-16(7)22-17/h9H2,1-8H3. The van der Waals surface area contributed by atoms with E-state index in [0.29, 0.717) is 11.5 Å². The lowest BCUT2D eigenvalue weighted by Crippen LogP contribution is -2.17. The number of benzene rings is 1. The van der Waals surface area contributed by atoms with Crippen LogP contribution >= 0.6 is 11.3 Å². The number of aryl methyl sites for hydroxylation is 3. The van der Waals surface area contributed by atoms with Crippen molar-refractivity contribution in [1.82, 2.24) is 14.7 Å². The highest BCUT2D eigenvalue weighted by atomic mass is 32.1. The average Bonchev–Trinajstić information content (AvgIpc) is 3.16. The highest BCUT2D eigenvalue weighted by Gasteiger charge is 2.23. The monoisotopic (exact) mass is 414 g/mol. The number of oxime groups is 1. The maximum atomic E-state index is 11.7. The van der Waals surface area contributed by atoms with Gasteiger partial charge in [0, 0.05) is 17.5 Å². The number of aromatic nitrogens is 3. The lowest BCUT2D eigenvalue weighted by atomic mass is 9.87. The van der Waals surface area contributed by atoms with Gasteiger partial charge in [-0.15, -0.1) is 11.3 Å². The minimum Gasteiger partial charge on any atom is -0.389 e. The average molecular weight is 415 g/mol. The number of hydrogen-bond donors (Lipinski definition) is 0. The molecule has 3 aromatic rings. The van der Waals surface area contributed by atoms with Crippen LogP contribution in [0.2, 0.25) is 0 Å². The van der Waals surface area contributed by atoms with Gasteiger partial charge in [0.15, 0.2) is 18.1 Å². The van der Waals surface area contributed by atoms with E-state index in [9.17, 15) is 4.79 Å². The van der Waals surface area contributed by atoms with Crippen molar-refractivity contribution in [3.05, 3.63) is 65.3 Å². The van der Waals surface area contributed by atoms with Gasteiger partial charge < -0.3 is 9.36 Å². The van der Waals surface area contributed by atoms with E-state index >= 15 is 0 Å². The molecule has 0 unspecified atom stereocenters. The predicted octanol–water partition coefficient (Wildman–Crippen LogP) is 3.96. The third-order valence-electron chi connectivity index (χ3n) is 5.52. The van der Waals surface area contributed by atoms with Gasteiger partial charge in [0.2, 0.25) is 0 Å². The lowest BCUT2D eigenvalue weighted by molar-refractivity contribution is 0.127. The van der Waals surface area contributed by atoms with Crippen LogP contribution in [0.25, 0.3) is 0 Å². The van der Waals surface area contributed by atoms with E-state index in [1.807, 2.05) is 27.7 Å². The Bertz CT molecular complexity index is 1140. The van der Waals surface area contributed by atoms with E-state index < -0.39 is 5.76 Å². The lowest BCUT2D eigenvalue weighted by Gasteiger charge is -2.19. The fraction of sp³-hybridized carbons (Fsp3) is 0.429. The van der Waals surface area contributed by atoms with Crippen LogP contribution < -0.4 is 5.76 Å². The summed E-state index contributed by atoms with van der Waals surface area (Å²) in [6.45, 7) is 14.6. The Hall–Kier alpha value is -2.74. The fourth-order valence-corrected chi connectivity index (χ4v) is 4.28. The fourth-order valence-electron chi connectivity index (χ4n) is 3.46. The van der Waals surface area contributed by atoms with Crippen LogP contribution in [0, 0.1) is 48.5 Å². The largest absolute Gasteiger partial charge is 0.460 e. The molecule has 0 N–H and O–H groups in total. The van der Waals surface area contributed by atoms with Crippen LogP contribution in [0.3, 0.4) is 0 Å². The number of thiazole rings is 1. The molecule has 2 heterocycles. The molecule has 0 aliphatic carbocycles. The second-order valence-electron chi connectivity index (χ2n) is 7.24. The number of hydrogen-bond acceptors (Lipinski definition) is 7. The molecule has 0 bridgehead atoms. The van der Waals surface area contributed by atoms with E-state index in [1.165, 1.54) is 21.4 Å². The van der Waals surface area contributed by atoms with E-state index in [0.717, 1.165) is 32.3 Å². The highest BCUT2D eigenvalue weighted by molar-refractivity contribution is 7.11. The molecule has 0 radical (unpaired) electrons. The molecule has 0 amide bonds. The molecule has 0 saturated carbocycles. The van der Waals surface area contributed by atoms with E-state index in [4.69, 9.17) is 9.36 Å². The minimum absolute atomic E-state index is 0.243.